The van der Waals surface area contributed by atoms with Gasteiger partial charge in [0.25, 0.3) is 0 Å². The number of aliphatic carboxylic acids is 1. The smallest absolute Gasteiger partial charge is 0.326 e. The van der Waals surface area contributed by atoms with Gasteiger partial charge in [0.1, 0.15) is 18.1 Å². The number of carboxylic acids is 1. The van der Waals surface area contributed by atoms with E-state index in [2.05, 4.69) is 23.3 Å². The number of carbonyl (C=O) groups excluding carboxylic acids is 3. The van der Waals surface area contributed by atoms with Gasteiger partial charge in [-0.1, -0.05) is 30.3 Å². The Bertz CT molecular complexity index is 776. The molecule has 0 aromatic heterocycles. The van der Waals surface area contributed by atoms with Gasteiger partial charge < -0.3 is 26.4 Å². The molecule has 3 amide bonds. The Labute approximate surface area is 180 Å². The van der Waals surface area contributed by atoms with E-state index in [4.69, 9.17) is 5.73 Å². The first-order chi connectivity index (χ1) is 14.2. The molecule has 4 unspecified atom stereocenters. The molecule has 2 rings (SSSR count). The molecule has 10 heteroatoms. The first-order valence-corrected chi connectivity index (χ1v) is 10.4. The average molecular weight is 437 g/mol. The van der Waals surface area contributed by atoms with Crippen LogP contribution in [0.15, 0.2) is 30.3 Å². The van der Waals surface area contributed by atoms with Gasteiger partial charge in [0.05, 0.1) is 6.04 Å². The molecule has 0 saturated carbocycles. The minimum Gasteiger partial charge on any atom is -0.480 e. The van der Waals surface area contributed by atoms with E-state index in [1.54, 1.807) is 0 Å². The van der Waals surface area contributed by atoms with Gasteiger partial charge in [0, 0.05) is 18.7 Å². The fraction of sp³-hybridized carbons (Fsp3) is 0.500. The van der Waals surface area contributed by atoms with Crippen molar-refractivity contribution < 1.29 is 24.3 Å². The summed E-state index contributed by atoms with van der Waals surface area (Å²) in [7, 11) is 0. The van der Waals surface area contributed by atoms with Crippen LogP contribution in [0.4, 0.5) is 0 Å². The van der Waals surface area contributed by atoms with E-state index >= 15 is 0 Å². The third kappa shape index (κ3) is 6.20. The second-order valence-corrected chi connectivity index (χ2v) is 7.66. The molecular formula is C20H28N4O5S. The zero-order valence-electron chi connectivity index (χ0n) is 16.8. The van der Waals surface area contributed by atoms with Crippen molar-refractivity contribution in [1.82, 2.24) is 15.5 Å². The molecule has 0 aliphatic carbocycles. The molecule has 0 radical (unpaired) electrons. The highest BCUT2D eigenvalue weighted by Gasteiger charge is 2.37. The van der Waals surface area contributed by atoms with Crippen molar-refractivity contribution in [2.45, 2.75) is 50.4 Å². The Morgan fingerprint density at radius 2 is 1.87 bits per heavy atom. The Morgan fingerprint density at radius 3 is 2.47 bits per heavy atom. The molecule has 164 valence electrons. The molecule has 1 fully saturated rings. The highest BCUT2D eigenvalue weighted by atomic mass is 32.1. The van der Waals surface area contributed by atoms with Gasteiger partial charge in [-0.25, -0.2) is 4.79 Å². The third-order valence-electron chi connectivity index (χ3n) is 5.00. The van der Waals surface area contributed by atoms with E-state index in [-0.39, 0.29) is 12.2 Å². The predicted molar refractivity (Wildman–Crippen MR) is 114 cm³/mol. The monoisotopic (exact) mass is 436 g/mol. The summed E-state index contributed by atoms with van der Waals surface area (Å²) in [5, 5.41) is 14.5. The Balaban J connectivity index is 2.09. The Morgan fingerprint density at radius 1 is 1.20 bits per heavy atom. The number of carbonyl (C=O) groups is 4. The second kappa shape index (κ2) is 11.0. The minimum atomic E-state index is -1.06. The molecule has 1 saturated heterocycles. The van der Waals surface area contributed by atoms with Gasteiger partial charge in [-0.05, 0) is 25.3 Å². The summed E-state index contributed by atoms with van der Waals surface area (Å²) in [5.41, 5.74) is 6.52. The summed E-state index contributed by atoms with van der Waals surface area (Å²) in [4.78, 5) is 50.4. The van der Waals surface area contributed by atoms with Gasteiger partial charge in [0.2, 0.25) is 17.7 Å². The first kappa shape index (κ1) is 23.7. The Hall–Kier alpha value is -2.59. The van der Waals surface area contributed by atoms with Crippen molar-refractivity contribution in [3.8, 4) is 0 Å². The number of nitrogens with two attached hydrogens (primary N) is 1. The van der Waals surface area contributed by atoms with Crippen LogP contribution in [0.25, 0.3) is 0 Å². The molecule has 0 spiro atoms. The molecule has 1 aromatic carbocycles. The zero-order valence-corrected chi connectivity index (χ0v) is 17.7. The van der Waals surface area contributed by atoms with Gasteiger partial charge >= 0.3 is 5.97 Å². The lowest BCUT2D eigenvalue weighted by Gasteiger charge is -2.27. The number of carboxylic acid groups (broad SMARTS) is 1. The molecule has 1 aliphatic rings. The number of hydrogen-bond acceptors (Lipinski definition) is 6. The zero-order chi connectivity index (χ0) is 22.3. The van der Waals surface area contributed by atoms with E-state index in [1.807, 2.05) is 30.3 Å². The lowest BCUT2D eigenvalue weighted by atomic mass is 10.0. The fourth-order valence-electron chi connectivity index (χ4n) is 3.33. The van der Waals surface area contributed by atoms with Gasteiger partial charge in [0.15, 0.2) is 0 Å². The number of likely N-dealkylation sites (tertiary alicyclic amines) is 1. The van der Waals surface area contributed by atoms with Crippen molar-refractivity contribution in [2.75, 3.05) is 12.3 Å². The molecule has 1 aromatic rings. The Kier molecular flexibility index (Phi) is 8.67. The average Bonchev–Trinajstić information content (AvgIpc) is 3.22. The van der Waals surface area contributed by atoms with Crippen LogP contribution in [0.3, 0.4) is 0 Å². The lowest BCUT2D eigenvalue weighted by Crippen LogP contribution is -2.57. The largest absolute Gasteiger partial charge is 0.480 e. The van der Waals surface area contributed by atoms with Crippen molar-refractivity contribution in [3.05, 3.63) is 35.9 Å². The van der Waals surface area contributed by atoms with Crippen LogP contribution in [0.1, 0.15) is 25.3 Å². The standard InChI is InChI=1S/C20H28N4O5S/c1-12(19(27)24-9-5-8-16(24)20(28)29)22-18(26)15(23-17(25)14(21)11-30)10-13-6-3-2-4-7-13/h2-4,6-7,12,14-16,30H,5,8-11,21H2,1H3,(H,22,26)(H,23,25)(H,28,29). The molecule has 30 heavy (non-hydrogen) atoms. The highest BCUT2D eigenvalue weighted by molar-refractivity contribution is 7.80. The molecule has 5 N–H and O–H groups in total. The van der Waals surface area contributed by atoms with Crippen LogP contribution < -0.4 is 16.4 Å². The lowest BCUT2D eigenvalue weighted by molar-refractivity contribution is -0.149. The summed E-state index contributed by atoms with van der Waals surface area (Å²) in [6, 6.07) is 5.46. The van der Waals surface area contributed by atoms with E-state index in [0.29, 0.717) is 19.4 Å². The second-order valence-electron chi connectivity index (χ2n) is 7.30. The fourth-order valence-corrected chi connectivity index (χ4v) is 3.50. The van der Waals surface area contributed by atoms with Crippen molar-refractivity contribution in [1.29, 1.82) is 0 Å². The van der Waals surface area contributed by atoms with Gasteiger partial charge in [-0.2, -0.15) is 12.6 Å². The van der Waals surface area contributed by atoms with Crippen LogP contribution in [0.2, 0.25) is 0 Å². The van der Waals surface area contributed by atoms with Crippen molar-refractivity contribution in [2.24, 2.45) is 5.73 Å². The summed E-state index contributed by atoms with van der Waals surface area (Å²) >= 11 is 4.00. The van der Waals surface area contributed by atoms with E-state index < -0.39 is 47.9 Å². The maximum atomic E-state index is 12.9. The summed E-state index contributed by atoms with van der Waals surface area (Å²) in [6.07, 6.45) is 1.19. The number of nitrogens with one attached hydrogen (secondary N) is 2. The maximum Gasteiger partial charge on any atom is 0.326 e. The van der Waals surface area contributed by atoms with Gasteiger partial charge in [-0.3, -0.25) is 14.4 Å². The summed E-state index contributed by atoms with van der Waals surface area (Å²) in [5.74, 6) is -2.48. The molecule has 4 atom stereocenters. The molecule has 1 heterocycles. The normalized spacial score (nSPS) is 18.9. The van der Waals surface area contributed by atoms with E-state index in [9.17, 15) is 24.3 Å². The molecular weight excluding hydrogens is 408 g/mol. The topological polar surface area (TPSA) is 142 Å². The van der Waals surface area contributed by atoms with Crippen molar-refractivity contribution in [3.63, 3.8) is 0 Å². The van der Waals surface area contributed by atoms with Crippen LogP contribution in [0.5, 0.6) is 0 Å². The maximum absolute atomic E-state index is 12.9. The molecule has 1 aliphatic heterocycles. The SMILES string of the molecule is CC(NC(=O)C(Cc1ccccc1)NC(=O)C(N)CS)C(=O)N1CCCC1C(=O)O. The number of benzene rings is 1. The highest BCUT2D eigenvalue weighted by Crippen LogP contribution is 2.18. The number of thiol groups is 1. The van der Waals surface area contributed by atoms with Crippen LogP contribution in [0, 0.1) is 0 Å². The van der Waals surface area contributed by atoms with Crippen LogP contribution >= 0.6 is 12.6 Å². The number of amides is 3. The molecule has 0 bridgehead atoms. The summed E-state index contributed by atoms with van der Waals surface area (Å²) < 4.78 is 0. The van der Waals surface area contributed by atoms with Crippen LogP contribution in [-0.4, -0.2) is 70.2 Å². The minimum absolute atomic E-state index is 0.117. The first-order valence-electron chi connectivity index (χ1n) is 9.79. The third-order valence-corrected chi connectivity index (χ3v) is 5.39. The van der Waals surface area contributed by atoms with E-state index in [1.165, 1.54) is 11.8 Å². The summed E-state index contributed by atoms with van der Waals surface area (Å²) in [6.45, 7) is 1.83. The predicted octanol–water partition coefficient (Wildman–Crippen LogP) is -0.449. The quantitative estimate of drug-likeness (QED) is 0.332. The molecule has 9 nitrogen and oxygen atoms in total. The number of nitrogens with zero attached hydrogens (tertiary/aromatic N) is 1. The van der Waals surface area contributed by atoms with Crippen molar-refractivity contribution >= 4 is 36.3 Å². The number of hydrogen-bond donors (Lipinski definition) is 5. The van der Waals surface area contributed by atoms with Crippen LogP contribution in [-0.2, 0) is 25.6 Å². The number of rotatable bonds is 9. The van der Waals surface area contributed by atoms with E-state index in [0.717, 1.165) is 5.56 Å². The van der Waals surface area contributed by atoms with Gasteiger partial charge in [-0.15, -0.1) is 0 Å².